The van der Waals surface area contributed by atoms with Crippen LogP contribution in [0, 0.1) is 0 Å². The Bertz CT molecular complexity index is 798. The molecular weight excluding hydrogens is 246 g/mol. The van der Waals surface area contributed by atoms with Gasteiger partial charge < -0.3 is 4.57 Å². The number of para-hydroxylation sites is 1. The molecule has 0 aliphatic rings. The quantitative estimate of drug-likeness (QED) is 0.682. The fourth-order valence-corrected chi connectivity index (χ4v) is 2.45. The van der Waals surface area contributed by atoms with Gasteiger partial charge in [0.05, 0.1) is 5.52 Å². The van der Waals surface area contributed by atoms with Crippen molar-refractivity contribution in [2.45, 2.75) is 19.8 Å². The smallest absolute Gasteiger partial charge is 0.189 e. The Hall–Kier alpha value is -2.35. The molecule has 0 aliphatic carbocycles. The first kappa shape index (κ1) is 12.7. The topological polar surface area (TPSA) is 22.0 Å². The molecule has 0 atom stereocenters. The maximum Gasteiger partial charge on any atom is 0.189 e. The van der Waals surface area contributed by atoms with Crippen LogP contribution in [0.1, 0.15) is 25.3 Å². The van der Waals surface area contributed by atoms with Crippen LogP contribution in [0.15, 0.2) is 65.6 Å². The minimum atomic E-state index is 0.0654. The van der Waals surface area contributed by atoms with E-state index in [1.807, 2.05) is 30.5 Å². The average molecular weight is 263 g/mol. The van der Waals surface area contributed by atoms with E-state index in [1.165, 1.54) is 5.56 Å². The molecule has 1 heterocycles. The normalized spacial score (nSPS) is 11.2. The zero-order valence-electron chi connectivity index (χ0n) is 11.7. The van der Waals surface area contributed by atoms with Gasteiger partial charge in [0.1, 0.15) is 0 Å². The van der Waals surface area contributed by atoms with Gasteiger partial charge in [-0.2, -0.15) is 0 Å². The van der Waals surface area contributed by atoms with Gasteiger partial charge in [-0.3, -0.25) is 4.79 Å². The molecule has 0 bridgehead atoms. The van der Waals surface area contributed by atoms with Gasteiger partial charge in [-0.1, -0.05) is 38.1 Å². The molecular formula is C18H17NO. The van der Waals surface area contributed by atoms with Crippen LogP contribution < -0.4 is 5.43 Å². The summed E-state index contributed by atoms with van der Waals surface area (Å²) in [6, 6.07) is 17.8. The number of aromatic nitrogens is 1. The molecule has 2 aromatic carbocycles. The molecule has 0 N–H and O–H groups in total. The predicted octanol–water partition coefficient (Wildman–Crippen LogP) is 4.11. The Kier molecular flexibility index (Phi) is 3.15. The van der Waals surface area contributed by atoms with Gasteiger partial charge >= 0.3 is 0 Å². The molecule has 0 aliphatic heterocycles. The van der Waals surface area contributed by atoms with Crippen LogP contribution >= 0.6 is 0 Å². The van der Waals surface area contributed by atoms with E-state index in [0.717, 1.165) is 16.6 Å². The fraction of sp³-hybridized carbons (Fsp3) is 0.167. The molecule has 20 heavy (non-hydrogen) atoms. The summed E-state index contributed by atoms with van der Waals surface area (Å²) in [5.41, 5.74) is 3.40. The summed E-state index contributed by atoms with van der Waals surface area (Å²) in [5, 5.41) is 0.753. The molecule has 0 fully saturated rings. The van der Waals surface area contributed by atoms with Crippen LogP contribution in [0.3, 0.4) is 0 Å². The second-order valence-electron chi connectivity index (χ2n) is 5.31. The van der Waals surface area contributed by atoms with Crippen molar-refractivity contribution >= 4 is 10.9 Å². The van der Waals surface area contributed by atoms with Crippen LogP contribution in [0.5, 0.6) is 0 Å². The Balaban J connectivity index is 2.20. The molecule has 2 nitrogen and oxygen atoms in total. The van der Waals surface area contributed by atoms with Crippen LogP contribution in [0.4, 0.5) is 0 Å². The van der Waals surface area contributed by atoms with Crippen molar-refractivity contribution in [2.75, 3.05) is 0 Å². The number of hydrogen-bond acceptors (Lipinski definition) is 1. The molecule has 1 aromatic heterocycles. The minimum Gasteiger partial charge on any atom is -0.316 e. The highest BCUT2D eigenvalue weighted by Crippen LogP contribution is 2.19. The Morgan fingerprint density at radius 2 is 1.60 bits per heavy atom. The third-order valence-electron chi connectivity index (χ3n) is 3.64. The highest BCUT2D eigenvalue weighted by molar-refractivity contribution is 5.80. The van der Waals surface area contributed by atoms with Gasteiger partial charge in [0.25, 0.3) is 0 Å². The van der Waals surface area contributed by atoms with Crippen LogP contribution in [0.25, 0.3) is 16.6 Å². The van der Waals surface area contributed by atoms with Crippen LogP contribution in [0.2, 0.25) is 0 Å². The average Bonchev–Trinajstić information content (AvgIpc) is 2.48. The summed E-state index contributed by atoms with van der Waals surface area (Å²) in [6.07, 6.45) is 1.84. The number of nitrogens with zero attached hydrogens (tertiary/aromatic N) is 1. The molecule has 2 heteroatoms. The van der Waals surface area contributed by atoms with Gasteiger partial charge in [0, 0.05) is 23.3 Å². The van der Waals surface area contributed by atoms with Crippen molar-refractivity contribution in [3.8, 4) is 5.69 Å². The first-order valence-corrected chi connectivity index (χ1v) is 6.87. The van der Waals surface area contributed by atoms with Gasteiger partial charge in [-0.15, -0.1) is 0 Å². The van der Waals surface area contributed by atoms with Gasteiger partial charge in [-0.05, 0) is 35.7 Å². The number of benzene rings is 2. The molecule has 0 spiro atoms. The molecule has 0 unspecified atom stereocenters. The summed E-state index contributed by atoms with van der Waals surface area (Å²) >= 11 is 0. The molecule has 0 saturated carbocycles. The lowest BCUT2D eigenvalue weighted by atomic mass is 10.0. The third-order valence-corrected chi connectivity index (χ3v) is 3.64. The standard InChI is InChI=1S/C18H17NO/c1-13(2)14-7-9-15(10-8-14)19-12-11-18(20)16-5-3-4-6-17(16)19/h3-13H,1-2H3. The first-order valence-electron chi connectivity index (χ1n) is 6.87. The second-order valence-corrected chi connectivity index (χ2v) is 5.31. The van der Waals surface area contributed by atoms with Crippen molar-refractivity contribution in [3.05, 3.63) is 76.6 Å². The molecule has 3 aromatic rings. The van der Waals surface area contributed by atoms with Gasteiger partial charge in [0.15, 0.2) is 5.43 Å². The zero-order chi connectivity index (χ0) is 14.1. The number of hydrogen-bond donors (Lipinski definition) is 0. The zero-order valence-corrected chi connectivity index (χ0v) is 11.7. The van der Waals surface area contributed by atoms with E-state index in [0.29, 0.717) is 5.92 Å². The summed E-state index contributed by atoms with van der Waals surface area (Å²) in [5.74, 6) is 0.523. The van der Waals surface area contributed by atoms with E-state index < -0.39 is 0 Å². The molecule has 0 radical (unpaired) electrons. The van der Waals surface area contributed by atoms with Crippen molar-refractivity contribution < 1.29 is 0 Å². The minimum absolute atomic E-state index is 0.0654. The summed E-state index contributed by atoms with van der Waals surface area (Å²) < 4.78 is 2.06. The molecule has 0 saturated heterocycles. The second kappa shape index (κ2) is 4.97. The predicted molar refractivity (Wildman–Crippen MR) is 83.6 cm³/mol. The maximum absolute atomic E-state index is 11.9. The van der Waals surface area contributed by atoms with Gasteiger partial charge in [-0.25, -0.2) is 0 Å². The van der Waals surface area contributed by atoms with Crippen molar-refractivity contribution in [2.24, 2.45) is 0 Å². The maximum atomic E-state index is 11.9. The Labute approximate surface area is 118 Å². The van der Waals surface area contributed by atoms with Crippen LogP contribution in [-0.2, 0) is 0 Å². The van der Waals surface area contributed by atoms with Crippen molar-refractivity contribution in [1.82, 2.24) is 4.57 Å². The monoisotopic (exact) mass is 263 g/mol. The van der Waals surface area contributed by atoms with E-state index in [2.05, 4.69) is 42.7 Å². The van der Waals surface area contributed by atoms with Crippen molar-refractivity contribution in [3.63, 3.8) is 0 Å². The lowest BCUT2D eigenvalue weighted by Crippen LogP contribution is -2.06. The van der Waals surface area contributed by atoms with E-state index in [4.69, 9.17) is 0 Å². The van der Waals surface area contributed by atoms with E-state index >= 15 is 0 Å². The third kappa shape index (κ3) is 2.14. The van der Waals surface area contributed by atoms with E-state index in [-0.39, 0.29) is 5.43 Å². The lowest BCUT2D eigenvalue weighted by molar-refractivity contribution is 0.865. The lowest BCUT2D eigenvalue weighted by Gasteiger charge is -2.12. The largest absolute Gasteiger partial charge is 0.316 e. The first-order chi connectivity index (χ1) is 9.66. The summed E-state index contributed by atoms with van der Waals surface area (Å²) in [6.45, 7) is 4.37. The molecule has 3 rings (SSSR count). The summed E-state index contributed by atoms with van der Waals surface area (Å²) in [7, 11) is 0. The molecule has 100 valence electrons. The Morgan fingerprint density at radius 1 is 0.900 bits per heavy atom. The fourth-order valence-electron chi connectivity index (χ4n) is 2.45. The van der Waals surface area contributed by atoms with Crippen LogP contribution in [-0.4, -0.2) is 4.57 Å². The number of fused-ring (bicyclic) bond motifs is 1. The van der Waals surface area contributed by atoms with Gasteiger partial charge in [0.2, 0.25) is 0 Å². The number of pyridine rings is 1. The van der Waals surface area contributed by atoms with E-state index in [9.17, 15) is 4.79 Å². The highest BCUT2D eigenvalue weighted by Gasteiger charge is 2.04. The highest BCUT2D eigenvalue weighted by atomic mass is 16.1. The molecule has 0 amide bonds. The summed E-state index contributed by atoms with van der Waals surface area (Å²) in [4.78, 5) is 11.9. The Morgan fingerprint density at radius 3 is 2.30 bits per heavy atom. The van der Waals surface area contributed by atoms with Crippen molar-refractivity contribution in [1.29, 1.82) is 0 Å². The van der Waals surface area contributed by atoms with E-state index in [1.54, 1.807) is 6.07 Å². The number of rotatable bonds is 2. The SMILES string of the molecule is CC(C)c1ccc(-n2ccc(=O)c3ccccc32)cc1.